The Bertz CT molecular complexity index is 1280. The highest BCUT2D eigenvalue weighted by molar-refractivity contribution is 5.94. The van der Waals surface area contributed by atoms with Gasteiger partial charge in [0.25, 0.3) is 11.5 Å². The monoisotopic (exact) mass is 478 g/mol. The van der Waals surface area contributed by atoms with Crippen LogP contribution in [-0.2, 0) is 11.3 Å². The third kappa shape index (κ3) is 5.13. The Morgan fingerprint density at radius 1 is 1.23 bits per heavy atom. The fraction of sp³-hybridized carbons (Fsp3) is 0.440. The van der Waals surface area contributed by atoms with Gasteiger partial charge in [-0.15, -0.1) is 0 Å². The molecule has 2 aliphatic heterocycles. The molecule has 184 valence electrons. The average Bonchev–Trinajstić information content (AvgIpc) is 2.87. The highest BCUT2D eigenvalue weighted by Crippen LogP contribution is 2.25. The van der Waals surface area contributed by atoms with Gasteiger partial charge in [0.05, 0.1) is 30.0 Å². The number of piperidine rings is 1. The molecule has 10 heteroatoms. The quantitative estimate of drug-likeness (QED) is 0.530. The van der Waals surface area contributed by atoms with E-state index in [0.717, 1.165) is 49.2 Å². The third-order valence-corrected chi connectivity index (χ3v) is 6.65. The summed E-state index contributed by atoms with van der Waals surface area (Å²) in [6, 6.07) is 9.78. The van der Waals surface area contributed by atoms with Crippen LogP contribution in [0.25, 0.3) is 11.0 Å². The van der Waals surface area contributed by atoms with Crippen LogP contribution in [0.2, 0.25) is 0 Å². The number of rotatable bonds is 7. The van der Waals surface area contributed by atoms with Crippen molar-refractivity contribution in [3.8, 4) is 11.5 Å². The van der Waals surface area contributed by atoms with Crippen molar-refractivity contribution in [1.82, 2.24) is 24.8 Å². The van der Waals surface area contributed by atoms with Crippen molar-refractivity contribution < 1.29 is 14.3 Å². The van der Waals surface area contributed by atoms with E-state index in [1.165, 1.54) is 6.20 Å². The molecule has 35 heavy (non-hydrogen) atoms. The molecule has 2 N–H and O–H groups in total. The summed E-state index contributed by atoms with van der Waals surface area (Å²) < 4.78 is 12.5. The molecule has 0 saturated carbocycles. The van der Waals surface area contributed by atoms with Crippen LogP contribution < -0.4 is 25.7 Å². The molecule has 4 heterocycles. The van der Waals surface area contributed by atoms with Crippen molar-refractivity contribution in [1.29, 1.82) is 0 Å². The van der Waals surface area contributed by atoms with Gasteiger partial charge in [-0.2, -0.15) is 0 Å². The topological polar surface area (TPSA) is 111 Å². The zero-order chi connectivity index (χ0) is 24.4. The first-order chi connectivity index (χ1) is 17.0. The first kappa shape index (κ1) is 23.3. The Morgan fingerprint density at radius 3 is 2.86 bits per heavy atom. The number of benzene rings is 1. The second-order valence-corrected chi connectivity index (χ2v) is 9.11. The number of hydrogen-bond acceptors (Lipinski definition) is 8. The fourth-order valence-corrected chi connectivity index (χ4v) is 4.82. The molecular weight excluding hydrogens is 448 g/mol. The number of carbonyl (C=O) groups excluding carboxylic acids is 1. The second-order valence-electron chi connectivity index (χ2n) is 9.11. The predicted molar refractivity (Wildman–Crippen MR) is 132 cm³/mol. The van der Waals surface area contributed by atoms with Crippen molar-refractivity contribution in [3.63, 3.8) is 0 Å². The zero-order valence-electron chi connectivity index (χ0n) is 20.0. The van der Waals surface area contributed by atoms with Gasteiger partial charge in [-0.25, -0.2) is 9.97 Å². The maximum atomic E-state index is 12.7. The molecule has 1 fully saturated rings. The molecule has 1 saturated heterocycles. The lowest BCUT2D eigenvalue weighted by atomic mass is 10.0. The van der Waals surface area contributed by atoms with E-state index in [-0.39, 0.29) is 24.1 Å². The van der Waals surface area contributed by atoms with Gasteiger partial charge in [0.2, 0.25) is 0 Å². The first-order valence-electron chi connectivity index (χ1n) is 11.9. The highest BCUT2D eigenvalue weighted by Gasteiger charge is 2.23. The summed E-state index contributed by atoms with van der Waals surface area (Å²) in [6.45, 7) is 5.42. The molecule has 5 rings (SSSR count). The first-order valence-corrected chi connectivity index (χ1v) is 11.9. The molecular formula is C25H30N6O4. The second kappa shape index (κ2) is 10.0. The third-order valence-electron chi connectivity index (χ3n) is 6.65. The number of fused-ring (bicyclic) bond motifs is 2. The van der Waals surface area contributed by atoms with E-state index >= 15 is 0 Å². The maximum Gasteiger partial charge on any atom is 0.269 e. The minimum absolute atomic E-state index is 0.00161. The van der Waals surface area contributed by atoms with Gasteiger partial charge in [-0.3, -0.25) is 9.59 Å². The Balaban J connectivity index is 1.17. The Morgan fingerprint density at radius 2 is 2.06 bits per heavy atom. The molecule has 1 aromatic carbocycles. The van der Waals surface area contributed by atoms with Crippen LogP contribution in [0.15, 0.2) is 41.3 Å². The van der Waals surface area contributed by atoms with E-state index in [2.05, 4.69) is 32.4 Å². The van der Waals surface area contributed by atoms with E-state index in [4.69, 9.17) is 9.47 Å². The van der Waals surface area contributed by atoms with Crippen molar-refractivity contribution in [3.05, 3.63) is 52.6 Å². The molecule has 1 atom stereocenters. The number of likely N-dealkylation sites (tertiary alicyclic amines) is 1. The van der Waals surface area contributed by atoms with Gasteiger partial charge in [0, 0.05) is 31.2 Å². The van der Waals surface area contributed by atoms with Gasteiger partial charge in [-0.05, 0) is 57.1 Å². The molecule has 0 aliphatic carbocycles. The smallest absolute Gasteiger partial charge is 0.269 e. The van der Waals surface area contributed by atoms with E-state index in [9.17, 15) is 9.59 Å². The number of nitrogens with one attached hydrogen (secondary N) is 2. The molecule has 3 aromatic rings. The summed E-state index contributed by atoms with van der Waals surface area (Å²) in [5.41, 5.74) is 2.33. The Kier molecular flexibility index (Phi) is 6.65. The van der Waals surface area contributed by atoms with E-state index in [0.29, 0.717) is 29.9 Å². The van der Waals surface area contributed by atoms with Crippen LogP contribution in [0.3, 0.4) is 0 Å². The lowest BCUT2D eigenvalue weighted by Gasteiger charge is -2.34. The Labute approximate surface area is 203 Å². The zero-order valence-corrected chi connectivity index (χ0v) is 20.0. The highest BCUT2D eigenvalue weighted by atomic mass is 16.5. The normalized spacial score (nSPS) is 17.5. The predicted octanol–water partition coefficient (Wildman–Crippen LogP) is 1.95. The van der Waals surface area contributed by atoms with E-state index in [1.807, 2.05) is 34.9 Å². The van der Waals surface area contributed by atoms with Crippen LogP contribution in [0.1, 0.15) is 31.5 Å². The van der Waals surface area contributed by atoms with Crippen molar-refractivity contribution in [2.45, 2.75) is 38.4 Å². The number of amides is 1. The average molecular weight is 479 g/mol. The molecule has 1 unspecified atom stereocenters. The molecule has 0 spiro atoms. The number of anilines is 1. The number of methoxy groups -OCH3 is 1. The maximum absolute atomic E-state index is 12.7. The van der Waals surface area contributed by atoms with E-state index in [1.54, 1.807) is 7.11 Å². The summed E-state index contributed by atoms with van der Waals surface area (Å²) >= 11 is 0. The Hall–Kier alpha value is -3.50. The lowest BCUT2D eigenvalue weighted by Crippen LogP contribution is -2.44. The molecule has 10 nitrogen and oxygen atoms in total. The number of ether oxygens (including phenoxy) is 2. The summed E-state index contributed by atoms with van der Waals surface area (Å²) in [5.74, 6) is 1.62. The van der Waals surface area contributed by atoms with Gasteiger partial charge in [-0.1, -0.05) is 0 Å². The van der Waals surface area contributed by atoms with Crippen LogP contribution in [0.4, 0.5) is 5.82 Å². The summed E-state index contributed by atoms with van der Waals surface area (Å²) in [5, 5.41) is 6.34. The standard InChI is InChI=1S/C25H30N6O4/c1-16(31-21-11-19(34-2)4-5-20(21)27-13-24(31)33)14-30-9-7-17(8-10-30)26-12-18-3-6-22-25(28-18)29-23(32)15-35-22/h3-6,11,13,16-17,26H,7-10,12,14-15H2,1-2H3,(H,28,29,32). The largest absolute Gasteiger partial charge is 0.497 e. The van der Waals surface area contributed by atoms with Gasteiger partial charge >= 0.3 is 0 Å². The molecule has 1 amide bonds. The molecule has 0 bridgehead atoms. The summed E-state index contributed by atoms with van der Waals surface area (Å²) in [7, 11) is 1.62. The number of pyridine rings is 1. The van der Waals surface area contributed by atoms with Crippen molar-refractivity contribution in [2.75, 3.05) is 38.7 Å². The van der Waals surface area contributed by atoms with Gasteiger partial charge in [0.15, 0.2) is 18.2 Å². The summed E-state index contributed by atoms with van der Waals surface area (Å²) in [6.07, 6.45) is 3.42. The van der Waals surface area contributed by atoms with Crippen LogP contribution in [0, 0.1) is 0 Å². The SMILES string of the molecule is COc1ccc2ncc(=O)n(C(C)CN3CCC(NCc4ccc5c(n4)NC(=O)CO5)CC3)c2c1. The fourth-order valence-electron chi connectivity index (χ4n) is 4.82. The van der Waals surface area contributed by atoms with Crippen molar-refractivity contribution >= 4 is 22.8 Å². The molecule has 2 aliphatic rings. The van der Waals surface area contributed by atoms with Crippen LogP contribution >= 0.6 is 0 Å². The minimum Gasteiger partial charge on any atom is -0.497 e. The van der Waals surface area contributed by atoms with Crippen LogP contribution in [0.5, 0.6) is 11.5 Å². The number of carbonyl (C=O) groups is 1. The van der Waals surface area contributed by atoms with Crippen LogP contribution in [-0.4, -0.2) is 64.7 Å². The summed E-state index contributed by atoms with van der Waals surface area (Å²) in [4.78, 5) is 35.4. The number of nitrogens with zero attached hydrogens (tertiary/aromatic N) is 4. The lowest BCUT2D eigenvalue weighted by molar-refractivity contribution is -0.118. The van der Waals surface area contributed by atoms with Gasteiger partial charge < -0.3 is 29.6 Å². The minimum atomic E-state index is -0.183. The number of hydrogen-bond donors (Lipinski definition) is 2. The van der Waals surface area contributed by atoms with Gasteiger partial charge in [0.1, 0.15) is 5.75 Å². The number of aromatic nitrogens is 3. The molecule has 0 radical (unpaired) electrons. The molecule has 2 aromatic heterocycles. The van der Waals surface area contributed by atoms with Crippen molar-refractivity contribution in [2.24, 2.45) is 0 Å². The van der Waals surface area contributed by atoms with E-state index < -0.39 is 0 Å².